The second kappa shape index (κ2) is 3.10. The molecule has 0 spiro atoms. The number of nitrogens with zero attached hydrogens (tertiary/aromatic N) is 1. The SMILES string of the molecule is CN(C(=O)C1(C)CO1)c1ccccc1. The molecule has 1 aliphatic rings. The van der Waals surface area contributed by atoms with Gasteiger partial charge in [0.15, 0.2) is 5.60 Å². The maximum atomic E-state index is 11.8. The largest absolute Gasteiger partial charge is 0.359 e. The van der Waals surface area contributed by atoms with Crippen LogP contribution in [0.25, 0.3) is 0 Å². The lowest BCUT2D eigenvalue weighted by Crippen LogP contribution is -2.37. The molecule has 1 heterocycles. The third kappa shape index (κ3) is 1.51. The average Bonchev–Trinajstić information content (AvgIpc) is 2.97. The normalized spacial score (nSPS) is 24.4. The summed E-state index contributed by atoms with van der Waals surface area (Å²) in [5.41, 5.74) is 0.319. The Morgan fingerprint density at radius 1 is 1.43 bits per heavy atom. The van der Waals surface area contributed by atoms with E-state index in [1.807, 2.05) is 37.3 Å². The number of carbonyl (C=O) groups excluding carboxylic acids is 1. The molecule has 0 N–H and O–H groups in total. The number of amides is 1. The molecular formula is C11H13NO2. The molecule has 0 aliphatic carbocycles. The first-order chi connectivity index (χ1) is 6.63. The highest BCUT2D eigenvalue weighted by molar-refractivity contribution is 6.00. The molecule has 0 bridgehead atoms. The maximum Gasteiger partial charge on any atom is 0.261 e. The summed E-state index contributed by atoms with van der Waals surface area (Å²) in [4.78, 5) is 13.5. The molecule has 1 amide bonds. The molecule has 1 saturated heterocycles. The molecule has 0 aromatic heterocycles. The van der Waals surface area contributed by atoms with Gasteiger partial charge in [0, 0.05) is 12.7 Å². The van der Waals surface area contributed by atoms with E-state index in [0.29, 0.717) is 6.61 Å². The van der Waals surface area contributed by atoms with Crippen LogP contribution in [0.1, 0.15) is 6.92 Å². The van der Waals surface area contributed by atoms with Crippen molar-refractivity contribution in [3.8, 4) is 0 Å². The summed E-state index contributed by atoms with van der Waals surface area (Å²) >= 11 is 0. The Bertz CT molecular complexity index is 344. The number of benzene rings is 1. The number of likely N-dealkylation sites (N-methyl/N-ethyl adjacent to an activating group) is 1. The van der Waals surface area contributed by atoms with Gasteiger partial charge < -0.3 is 9.64 Å². The van der Waals surface area contributed by atoms with E-state index < -0.39 is 5.60 Å². The Labute approximate surface area is 83.3 Å². The van der Waals surface area contributed by atoms with Gasteiger partial charge in [0.2, 0.25) is 0 Å². The van der Waals surface area contributed by atoms with E-state index in [9.17, 15) is 4.79 Å². The highest BCUT2D eigenvalue weighted by Crippen LogP contribution is 2.29. The number of carbonyl (C=O) groups is 1. The molecule has 3 nitrogen and oxygen atoms in total. The zero-order valence-corrected chi connectivity index (χ0v) is 8.36. The van der Waals surface area contributed by atoms with E-state index in [1.165, 1.54) is 0 Å². The molecule has 0 radical (unpaired) electrons. The van der Waals surface area contributed by atoms with Crippen LogP contribution >= 0.6 is 0 Å². The molecule has 1 atom stereocenters. The molecule has 1 aliphatic heterocycles. The van der Waals surface area contributed by atoms with Crippen molar-refractivity contribution in [3.63, 3.8) is 0 Å². The zero-order valence-electron chi connectivity index (χ0n) is 8.36. The van der Waals surface area contributed by atoms with Crippen molar-refractivity contribution in [1.82, 2.24) is 0 Å². The van der Waals surface area contributed by atoms with Gasteiger partial charge in [-0.3, -0.25) is 4.79 Å². The standard InChI is InChI=1S/C11H13NO2/c1-11(8-14-11)10(13)12(2)9-6-4-3-5-7-9/h3-7H,8H2,1-2H3. The minimum atomic E-state index is -0.579. The fraction of sp³-hybridized carbons (Fsp3) is 0.364. The molecule has 1 aromatic carbocycles. The fourth-order valence-electron chi connectivity index (χ4n) is 1.36. The van der Waals surface area contributed by atoms with E-state index in [4.69, 9.17) is 4.74 Å². The molecule has 74 valence electrons. The van der Waals surface area contributed by atoms with Crippen molar-refractivity contribution in [2.45, 2.75) is 12.5 Å². The molecule has 2 rings (SSSR count). The second-order valence-corrected chi connectivity index (χ2v) is 3.72. The lowest BCUT2D eigenvalue weighted by Gasteiger charge is -2.19. The average molecular weight is 191 g/mol. The summed E-state index contributed by atoms with van der Waals surface area (Å²) in [6.07, 6.45) is 0. The van der Waals surface area contributed by atoms with E-state index in [0.717, 1.165) is 5.69 Å². The van der Waals surface area contributed by atoms with Crippen molar-refractivity contribution < 1.29 is 9.53 Å². The lowest BCUT2D eigenvalue weighted by atomic mass is 10.1. The molecule has 14 heavy (non-hydrogen) atoms. The maximum absolute atomic E-state index is 11.8. The molecule has 3 heteroatoms. The monoisotopic (exact) mass is 191 g/mol. The van der Waals surface area contributed by atoms with Gasteiger partial charge in [-0.1, -0.05) is 18.2 Å². The van der Waals surface area contributed by atoms with Crippen LogP contribution in [0.5, 0.6) is 0 Å². The third-order valence-corrected chi connectivity index (χ3v) is 2.48. The Balaban J connectivity index is 2.16. The van der Waals surface area contributed by atoms with Crippen LogP contribution in [-0.4, -0.2) is 25.2 Å². The lowest BCUT2D eigenvalue weighted by molar-refractivity contribution is -0.122. The van der Waals surface area contributed by atoms with Crippen LogP contribution in [0.3, 0.4) is 0 Å². The number of ether oxygens (including phenoxy) is 1. The number of para-hydroxylation sites is 1. The Morgan fingerprint density at radius 2 is 2.00 bits per heavy atom. The first kappa shape index (κ1) is 9.21. The Morgan fingerprint density at radius 3 is 2.50 bits per heavy atom. The van der Waals surface area contributed by atoms with Crippen molar-refractivity contribution in [2.75, 3.05) is 18.6 Å². The third-order valence-electron chi connectivity index (χ3n) is 2.48. The van der Waals surface area contributed by atoms with Gasteiger partial charge in [-0.25, -0.2) is 0 Å². The first-order valence-electron chi connectivity index (χ1n) is 4.61. The zero-order chi connectivity index (χ0) is 10.2. The number of anilines is 1. The van der Waals surface area contributed by atoms with Gasteiger partial charge in [0.1, 0.15) is 0 Å². The molecule has 1 aromatic rings. The van der Waals surface area contributed by atoms with Gasteiger partial charge in [0.25, 0.3) is 5.91 Å². The Hall–Kier alpha value is -1.35. The van der Waals surface area contributed by atoms with Crippen molar-refractivity contribution in [2.24, 2.45) is 0 Å². The van der Waals surface area contributed by atoms with Gasteiger partial charge >= 0.3 is 0 Å². The molecule has 0 saturated carbocycles. The number of hydrogen-bond donors (Lipinski definition) is 0. The van der Waals surface area contributed by atoms with E-state index >= 15 is 0 Å². The highest BCUT2D eigenvalue weighted by atomic mass is 16.6. The predicted molar refractivity (Wildman–Crippen MR) is 54.2 cm³/mol. The van der Waals surface area contributed by atoms with Gasteiger partial charge in [-0.2, -0.15) is 0 Å². The van der Waals surface area contributed by atoms with E-state index in [-0.39, 0.29) is 5.91 Å². The quantitative estimate of drug-likeness (QED) is 0.662. The Kier molecular flexibility index (Phi) is 2.04. The van der Waals surface area contributed by atoms with Crippen molar-refractivity contribution >= 4 is 11.6 Å². The van der Waals surface area contributed by atoms with Gasteiger partial charge in [-0.05, 0) is 19.1 Å². The first-order valence-corrected chi connectivity index (χ1v) is 4.61. The molecule has 1 fully saturated rings. The molecule has 1 unspecified atom stereocenters. The summed E-state index contributed by atoms with van der Waals surface area (Å²) < 4.78 is 5.11. The van der Waals surface area contributed by atoms with Crippen molar-refractivity contribution in [3.05, 3.63) is 30.3 Å². The predicted octanol–water partition coefficient (Wildman–Crippen LogP) is 1.44. The minimum Gasteiger partial charge on any atom is -0.359 e. The second-order valence-electron chi connectivity index (χ2n) is 3.72. The summed E-state index contributed by atoms with van der Waals surface area (Å²) in [6.45, 7) is 2.35. The summed E-state index contributed by atoms with van der Waals surface area (Å²) in [5.74, 6) is 0.0173. The summed E-state index contributed by atoms with van der Waals surface area (Å²) in [5, 5.41) is 0. The van der Waals surface area contributed by atoms with Crippen LogP contribution in [0.2, 0.25) is 0 Å². The number of rotatable bonds is 2. The van der Waals surface area contributed by atoms with Gasteiger partial charge in [0.05, 0.1) is 6.61 Å². The number of hydrogen-bond acceptors (Lipinski definition) is 2. The smallest absolute Gasteiger partial charge is 0.261 e. The topological polar surface area (TPSA) is 32.8 Å². The van der Waals surface area contributed by atoms with Crippen LogP contribution in [0, 0.1) is 0 Å². The van der Waals surface area contributed by atoms with Gasteiger partial charge in [-0.15, -0.1) is 0 Å². The molecular weight excluding hydrogens is 178 g/mol. The van der Waals surface area contributed by atoms with Crippen LogP contribution in [0.15, 0.2) is 30.3 Å². The fourth-order valence-corrected chi connectivity index (χ4v) is 1.36. The van der Waals surface area contributed by atoms with Crippen LogP contribution in [0.4, 0.5) is 5.69 Å². The van der Waals surface area contributed by atoms with Crippen LogP contribution < -0.4 is 4.90 Å². The van der Waals surface area contributed by atoms with E-state index in [1.54, 1.807) is 11.9 Å². The summed E-state index contributed by atoms with van der Waals surface area (Å²) in [7, 11) is 1.77. The van der Waals surface area contributed by atoms with Crippen molar-refractivity contribution in [1.29, 1.82) is 0 Å². The number of epoxide rings is 1. The summed E-state index contributed by atoms with van der Waals surface area (Å²) in [6, 6.07) is 9.56. The van der Waals surface area contributed by atoms with E-state index in [2.05, 4.69) is 0 Å². The highest BCUT2D eigenvalue weighted by Gasteiger charge is 2.49. The van der Waals surface area contributed by atoms with Crippen LogP contribution in [-0.2, 0) is 9.53 Å². The minimum absolute atomic E-state index is 0.0173.